The van der Waals surface area contributed by atoms with Crippen LogP contribution in [-0.2, 0) is 0 Å². The first kappa shape index (κ1) is 22.9. The Labute approximate surface area is 194 Å². The zero-order valence-electron chi connectivity index (χ0n) is 17.4. The van der Waals surface area contributed by atoms with Crippen LogP contribution in [0.3, 0.4) is 0 Å². The van der Waals surface area contributed by atoms with Crippen molar-refractivity contribution >= 4 is 44.6 Å². The molecule has 0 saturated carbocycles. The minimum absolute atomic E-state index is 0.0376. The van der Waals surface area contributed by atoms with Crippen molar-refractivity contribution < 1.29 is 9.47 Å². The Balaban J connectivity index is 2.12. The highest BCUT2D eigenvalue weighted by Crippen LogP contribution is 2.36. The molecule has 1 aromatic heterocycles. The van der Waals surface area contributed by atoms with Gasteiger partial charge in [-0.25, -0.2) is 4.98 Å². The third-order valence-corrected chi connectivity index (χ3v) is 5.53. The van der Waals surface area contributed by atoms with Crippen molar-refractivity contribution in [1.29, 1.82) is 0 Å². The van der Waals surface area contributed by atoms with Gasteiger partial charge in [-0.05, 0) is 42.3 Å². The molecule has 3 rings (SSSR count). The molecule has 0 radical (unpaired) electrons. The van der Waals surface area contributed by atoms with Gasteiger partial charge in [0.15, 0.2) is 11.5 Å². The quantitative estimate of drug-likeness (QED) is 0.328. The van der Waals surface area contributed by atoms with E-state index in [0.29, 0.717) is 38.8 Å². The molecule has 8 heteroatoms. The van der Waals surface area contributed by atoms with Crippen molar-refractivity contribution in [3.63, 3.8) is 0 Å². The molecule has 1 heterocycles. The molecule has 6 nitrogen and oxygen atoms in total. The molecule has 1 atom stereocenters. The number of methoxy groups -OCH3 is 1. The Kier molecular flexibility index (Phi) is 7.37. The Morgan fingerprint density at radius 2 is 2.16 bits per heavy atom. The Bertz CT molecular complexity index is 1250. The summed E-state index contributed by atoms with van der Waals surface area (Å²) < 4.78 is 13.0. The van der Waals surface area contributed by atoms with Gasteiger partial charge in [0.2, 0.25) is 0 Å². The van der Waals surface area contributed by atoms with E-state index in [1.807, 2.05) is 26.0 Å². The van der Waals surface area contributed by atoms with Crippen molar-refractivity contribution in [2.24, 2.45) is 5.10 Å². The standard InChI is InChI=1S/C23H21BrClN3O3/c1-5-9-31-21-18(25)10-15(11-20(21)30-4)13-26-28-22(14(3)6-2)27-19-8-7-16(24)12-17(19)23(28)29/h1,7-8,10-14H,6,9H2,2-4H3/t14-/m1/s1. The summed E-state index contributed by atoms with van der Waals surface area (Å²) in [6.45, 7) is 4.11. The Morgan fingerprint density at radius 1 is 1.39 bits per heavy atom. The van der Waals surface area contributed by atoms with E-state index in [2.05, 4.69) is 27.0 Å². The highest BCUT2D eigenvalue weighted by molar-refractivity contribution is 9.10. The molecular formula is C23H21BrClN3O3. The monoisotopic (exact) mass is 501 g/mol. The number of halogens is 2. The van der Waals surface area contributed by atoms with Crippen LogP contribution in [0.25, 0.3) is 10.9 Å². The third kappa shape index (κ3) is 4.92. The van der Waals surface area contributed by atoms with E-state index in [9.17, 15) is 4.79 Å². The lowest BCUT2D eigenvalue weighted by molar-refractivity contribution is 0.331. The molecule has 0 fully saturated rings. The molecule has 0 aliphatic carbocycles. The number of benzene rings is 2. The van der Waals surface area contributed by atoms with E-state index in [1.54, 1.807) is 18.2 Å². The van der Waals surface area contributed by atoms with Gasteiger partial charge in [-0.2, -0.15) is 9.78 Å². The molecule has 3 aromatic rings. The Hall–Kier alpha value is -2.82. The van der Waals surface area contributed by atoms with Crippen LogP contribution in [-0.4, -0.2) is 29.6 Å². The maximum atomic E-state index is 13.2. The maximum Gasteiger partial charge on any atom is 0.282 e. The molecule has 0 unspecified atom stereocenters. The molecule has 0 amide bonds. The van der Waals surface area contributed by atoms with Gasteiger partial charge in [0, 0.05) is 10.4 Å². The summed E-state index contributed by atoms with van der Waals surface area (Å²) >= 11 is 9.75. The lowest BCUT2D eigenvalue weighted by atomic mass is 10.1. The fourth-order valence-corrected chi connectivity index (χ4v) is 3.61. The first-order valence-corrected chi connectivity index (χ1v) is 10.8. The van der Waals surface area contributed by atoms with Crippen LogP contribution in [0.1, 0.15) is 37.6 Å². The summed E-state index contributed by atoms with van der Waals surface area (Å²) in [7, 11) is 1.51. The molecule has 0 spiro atoms. The summed E-state index contributed by atoms with van der Waals surface area (Å²) in [5, 5.41) is 5.25. The second kappa shape index (κ2) is 9.99. The largest absolute Gasteiger partial charge is 0.493 e. The highest BCUT2D eigenvalue weighted by Gasteiger charge is 2.16. The fraction of sp³-hybridized carbons (Fsp3) is 0.261. The molecule has 0 aliphatic rings. The number of hydrogen-bond donors (Lipinski definition) is 0. The van der Waals surface area contributed by atoms with E-state index in [1.165, 1.54) is 18.0 Å². The van der Waals surface area contributed by atoms with E-state index >= 15 is 0 Å². The van der Waals surface area contributed by atoms with Crippen LogP contribution in [0.2, 0.25) is 5.02 Å². The number of terminal acetylenes is 1. The number of hydrogen-bond acceptors (Lipinski definition) is 5. The predicted molar refractivity (Wildman–Crippen MR) is 128 cm³/mol. The molecule has 0 N–H and O–H groups in total. The van der Waals surface area contributed by atoms with E-state index in [-0.39, 0.29) is 18.1 Å². The topological polar surface area (TPSA) is 65.7 Å². The van der Waals surface area contributed by atoms with Crippen LogP contribution in [0.5, 0.6) is 11.5 Å². The van der Waals surface area contributed by atoms with Crippen molar-refractivity contribution in [1.82, 2.24) is 9.66 Å². The highest BCUT2D eigenvalue weighted by atomic mass is 79.9. The van der Waals surface area contributed by atoms with E-state index in [4.69, 9.17) is 32.5 Å². The Morgan fingerprint density at radius 3 is 2.84 bits per heavy atom. The van der Waals surface area contributed by atoms with Crippen LogP contribution in [0.15, 0.2) is 44.7 Å². The average Bonchev–Trinajstić information content (AvgIpc) is 2.77. The van der Waals surface area contributed by atoms with E-state index < -0.39 is 0 Å². The van der Waals surface area contributed by atoms with Crippen LogP contribution >= 0.6 is 27.5 Å². The van der Waals surface area contributed by atoms with Crippen LogP contribution in [0.4, 0.5) is 0 Å². The van der Waals surface area contributed by atoms with Crippen LogP contribution < -0.4 is 15.0 Å². The lowest BCUT2D eigenvalue weighted by Gasteiger charge is -2.14. The summed E-state index contributed by atoms with van der Waals surface area (Å²) in [6.07, 6.45) is 7.60. The number of fused-ring (bicyclic) bond motifs is 1. The minimum atomic E-state index is -0.245. The zero-order valence-corrected chi connectivity index (χ0v) is 19.7. The normalized spacial score (nSPS) is 12.1. The second-order valence-electron chi connectivity index (χ2n) is 6.83. The summed E-state index contributed by atoms with van der Waals surface area (Å²) in [5.74, 6) is 3.79. The molecule has 31 heavy (non-hydrogen) atoms. The zero-order chi connectivity index (χ0) is 22.5. The van der Waals surface area contributed by atoms with E-state index in [0.717, 1.165) is 10.9 Å². The van der Waals surface area contributed by atoms with Gasteiger partial charge in [0.05, 0.1) is 29.2 Å². The van der Waals surface area contributed by atoms with Gasteiger partial charge in [-0.1, -0.05) is 47.3 Å². The number of ether oxygens (including phenoxy) is 2. The number of nitrogens with zero attached hydrogens (tertiary/aromatic N) is 3. The SMILES string of the molecule is C#CCOc1c(Cl)cc(C=Nn2c([C@H](C)CC)nc3ccc(Br)cc3c2=O)cc1OC. The fourth-order valence-electron chi connectivity index (χ4n) is 2.97. The summed E-state index contributed by atoms with van der Waals surface area (Å²) in [6, 6.07) is 8.80. The third-order valence-electron chi connectivity index (χ3n) is 4.76. The van der Waals surface area contributed by atoms with Gasteiger partial charge in [0.1, 0.15) is 12.4 Å². The second-order valence-corrected chi connectivity index (χ2v) is 8.15. The average molecular weight is 503 g/mol. The molecule has 160 valence electrons. The van der Waals surface area contributed by atoms with Gasteiger partial charge in [-0.15, -0.1) is 6.42 Å². The van der Waals surface area contributed by atoms with Crippen LogP contribution in [0, 0.1) is 12.3 Å². The van der Waals surface area contributed by atoms with Crippen molar-refractivity contribution in [2.75, 3.05) is 13.7 Å². The summed E-state index contributed by atoms with van der Waals surface area (Å²) in [5.41, 5.74) is 1.02. The molecule has 0 aliphatic heterocycles. The smallest absolute Gasteiger partial charge is 0.282 e. The predicted octanol–water partition coefficient (Wildman–Crippen LogP) is 5.23. The van der Waals surface area contributed by atoms with Crippen molar-refractivity contribution in [2.45, 2.75) is 26.2 Å². The van der Waals surface area contributed by atoms with Gasteiger partial charge in [-0.3, -0.25) is 4.79 Å². The van der Waals surface area contributed by atoms with Gasteiger partial charge in [0.25, 0.3) is 5.56 Å². The van der Waals surface area contributed by atoms with Gasteiger partial charge >= 0.3 is 0 Å². The maximum absolute atomic E-state index is 13.2. The number of rotatable bonds is 7. The lowest BCUT2D eigenvalue weighted by Crippen LogP contribution is -2.23. The minimum Gasteiger partial charge on any atom is -0.493 e. The first-order valence-electron chi connectivity index (χ1n) is 9.59. The first-order chi connectivity index (χ1) is 14.9. The summed E-state index contributed by atoms with van der Waals surface area (Å²) in [4.78, 5) is 17.9. The molecule has 0 saturated heterocycles. The van der Waals surface area contributed by atoms with Crippen molar-refractivity contribution in [3.8, 4) is 23.8 Å². The number of aromatic nitrogens is 2. The van der Waals surface area contributed by atoms with Gasteiger partial charge < -0.3 is 9.47 Å². The molecule has 2 aromatic carbocycles. The molecular weight excluding hydrogens is 482 g/mol. The van der Waals surface area contributed by atoms with Crippen molar-refractivity contribution in [3.05, 3.63) is 61.6 Å². The molecule has 0 bridgehead atoms.